The van der Waals surface area contributed by atoms with Gasteiger partial charge in [0.2, 0.25) is 0 Å². The van der Waals surface area contributed by atoms with Crippen LogP contribution in [0.1, 0.15) is 0 Å². The van der Waals surface area contributed by atoms with E-state index in [1.807, 2.05) is 36.4 Å². The molecule has 4 nitrogen and oxygen atoms in total. The third-order valence-electron chi connectivity index (χ3n) is 9.70. The van der Waals surface area contributed by atoms with Gasteiger partial charge in [-0.3, -0.25) is 0 Å². The lowest BCUT2D eigenvalue weighted by Gasteiger charge is -2.10. The van der Waals surface area contributed by atoms with E-state index >= 15 is 0 Å². The summed E-state index contributed by atoms with van der Waals surface area (Å²) in [6.07, 6.45) is 0. The van der Waals surface area contributed by atoms with Crippen LogP contribution in [0, 0.1) is 0 Å². The summed E-state index contributed by atoms with van der Waals surface area (Å²) in [4.78, 5) is 15.5. The average Bonchev–Trinajstić information content (AvgIpc) is 3.60. The molecule has 0 fully saturated rings. The predicted octanol–water partition coefficient (Wildman–Crippen LogP) is 12.4. The fraction of sp³-hybridized carbons (Fsp3) is 0. The number of hydrogen-bond acceptors (Lipinski definition) is 4. The van der Waals surface area contributed by atoms with Gasteiger partial charge in [-0.2, -0.15) is 0 Å². The first-order valence-corrected chi connectivity index (χ1v) is 17.1. The second-order valence-corrected chi connectivity index (χ2v) is 12.8. The van der Waals surface area contributed by atoms with Crippen molar-refractivity contribution < 1.29 is 4.42 Å². The molecule has 51 heavy (non-hydrogen) atoms. The van der Waals surface area contributed by atoms with Gasteiger partial charge in [-0.15, -0.1) is 0 Å². The lowest BCUT2D eigenvalue weighted by atomic mass is 9.97. The third-order valence-corrected chi connectivity index (χ3v) is 9.70. The van der Waals surface area contributed by atoms with Crippen LogP contribution in [0.4, 0.5) is 0 Å². The zero-order valence-electron chi connectivity index (χ0n) is 27.5. The molecule has 0 saturated heterocycles. The molecule has 3 heterocycles. The number of hydrogen-bond donors (Lipinski definition) is 0. The highest BCUT2D eigenvalue weighted by Gasteiger charge is 2.20. The molecule has 0 saturated carbocycles. The van der Waals surface area contributed by atoms with Crippen LogP contribution in [-0.4, -0.2) is 15.0 Å². The van der Waals surface area contributed by atoms with Crippen molar-refractivity contribution in [2.24, 2.45) is 0 Å². The fourth-order valence-corrected chi connectivity index (χ4v) is 7.22. The molecule has 0 aliphatic carbocycles. The number of nitrogens with zero attached hydrogens (tertiary/aromatic N) is 3. The molecular formula is C47H29N3O. The van der Waals surface area contributed by atoms with E-state index in [-0.39, 0.29) is 0 Å². The number of fused-ring (bicyclic) bond motifs is 7. The lowest BCUT2D eigenvalue weighted by Crippen LogP contribution is -1.96. The van der Waals surface area contributed by atoms with E-state index in [1.54, 1.807) is 0 Å². The van der Waals surface area contributed by atoms with Crippen molar-refractivity contribution in [3.05, 3.63) is 176 Å². The first-order chi connectivity index (χ1) is 25.3. The topological polar surface area (TPSA) is 51.8 Å². The molecule has 238 valence electrons. The van der Waals surface area contributed by atoms with Gasteiger partial charge in [0, 0.05) is 43.6 Å². The molecule has 10 aromatic rings. The van der Waals surface area contributed by atoms with E-state index in [0.717, 1.165) is 88.5 Å². The summed E-state index contributed by atoms with van der Waals surface area (Å²) in [5.74, 6) is 0.615. The molecule has 7 aromatic carbocycles. The van der Waals surface area contributed by atoms with E-state index in [9.17, 15) is 0 Å². The maximum atomic E-state index is 7.00. The van der Waals surface area contributed by atoms with Gasteiger partial charge in [0.1, 0.15) is 11.2 Å². The smallest absolute Gasteiger partial charge is 0.164 e. The minimum absolute atomic E-state index is 0.615. The van der Waals surface area contributed by atoms with Crippen LogP contribution in [0.3, 0.4) is 0 Å². The highest BCUT2D eigenvalue weighted by atomic mass is 16.3. The van der Waals surface area contributed by atoms with Crippen molar-refractivity contribution in [3.63, 3.8) is 0 Å². The van der Waals surface area contributed by atoms with Crippen LogP contribution >= 0.6 is 0 Å². The summed E-state index contributed by atoms with van der Waals surface area (Å²) >= 11 is 0. The van der Waals surface area contributed by atoms with Gasteiger partial charge >= 0.3 is 0 Å². The summed E-state index contributed by atoms with van der Waals surface area (Å²) in [6.45, 7) is 0. The Bertz CT molecular complexity index is 2880. The molecule has 0 bridgehead atoms. The Balaban J connectivity index is 1.20. The van der Waals surface area contributed by atoms with Crippen LogP contribution in [0.2, 0.25) is 0 Å². The van der Waals surface area contributed by atoms with Crippen molar-refractivity contribution in [3.8, 4) is 56.3 Å². The van der Waals surface area contributed by atoms with Crippen LogP contribution in [0.5, 0.6) is 0 Å². The Labute approximate surface area is 294 Å². The van der Waals surface area contributed by atoms with Crippen LogP contribution in [-0.2, 0) is 0 Å². The fourth-order valence-electron chi connectivity index (χ4n) is 7.22. The number of aromatic nitrogens is 3. The maximum Gasteiger partial charge on any atom is 0.164 e. The number of pyridine rings is 1. The van der Waals surface area contributed by atoms with Gasteiger partial charge in [-0.1, -0.05) is 152 Å². The largest absolute Gasteiger partial charge is 0.455 e. The molecule has 0 radical (unpaired) electrons. The van der Waals surface area contributed by atoms with Crippen molar-refractivity contribution >= 4 is 43.6 Å². The molecule has 3 aromatic heterocycles. The predicted molar refractivity (Wildman–Crippen MR) is 209 cm³/mol. The molecule has 0 atom stereocenters. The maximum absolute atomic E-state index is 7.00. The quantitative estimate of drug-likeness (QED) is 0.174. The summed E-state index contributed by atoms with van der Waals surface area (Å²) in [5.41, 5.74) is 11.5. The number of para-hydroxylation sites is 2. The Morgan fingerprint density at radius 2 is 0.882 bits per heavy atom. The van der Waals surface area contributed by atoms with Crippen molar-refractivity contribution in [2.45, 2.75) is 0 Å². The number of benzene rings is 7. The van der Waals surface area contributed by atoms with Gasteiger partial charge in [0.15, 0.2) is 5.82 Å². The van der Waals surface area contributed by atoms with Gasteiger partial charge < -0.3 is 4.42 Å². The van der Waals surface area contributed by atoms with E-state index in [1.165, 1.54) is 5.56 Å². The van der Waals surface area contributed by atoms with Gasteiger partial charge in [-0.25, -0.2) is 15.0 Å². The second-order valence-electron chi connectivity index (χ2n) is 12.8. The van der Waals surface area contributed by atoms with Crippen LogP contribution in [0.25, 0.3) is 99.9 Å². The van der Waals surface area contributed by atoms with Gasteiger partial charge in [0.05, 0.1) is 28.2 Å². The molecule has 0 N–H and O–H groups in total. The lowest BCUT2D eigenvalue weighted by molar-refractivity contribution is 0.673. The number of furan rings is 1. The highest BCUT2D eigenvalue weighted by Crippen LogP contribution is 2.43. The first kappa shape index (κ1) is 29.0. The molecule has 0 spiro atoms. The molecule has 4 heteroatoms. The van der Waals surface area contributed by atoms with E-state index in [2.05, 4.69) is 140 Å². The minimum atomic E-state index is 0.615. The number of rotatable bonds is 5. The molecule has 10 rings (SSSR count). The third kappa shape index (κ3) is 4.96. The summed E-state index contributed by atoms with van der Waals surface area (Å²) in [5, 5.41) is 5.23. The summed E-state index contributed by atoms with van der Waals surface area (Å²) in [7, 11) is 0. The Hall–Kier alpha value is -6.91. The molecular weight excluding hydrogens is 623 g/mol. The Morgan fingerprint density at radius 3 is 1.61 bits per heavy atom. The second kappa shape index (κ2) is 11.9. The molecule has 0 amide bonds. The monoisotopic (exact) mass is 651 g/mol. The minimum Gasteiger partial charge on any atom is -0.455 e. The van der Waals surface area contributed by atoms with Crippen molar-refractivity contribution in [1.82, 2.24) is 15.0 Å². The summed E-state index contributed by atoms with van der Waals surface area (Å²) < 4.78 is 7.00. The molecule has 0 aliphatic heterocycles. The van der Waals surface area contributed by atoms with Crippen molar-refractivity contribution in [1.29, 1.82) is 0 Å². The zero-order chi connectivity index (χ0) is 33.7. The Morgan fingerprint density at radius 1 is 0.353 bits per heavy atom. The van der Waals surface area contributed by atoms with Crippen LogP contribution in [0.15, 0.2) is 180 Å². The van der Waals surface area contributed by atoms with Crippen LogP contribution < -0.4 is 0 Å². The normalized spacial score (nSPS) is 11.5. The molecule has 0 unspecified atom stereocenters. The van der Waals surface area contributed by atoms with E-state index in [4.69, 9.17) is 19.4 Å². The van der Waals surface area contributed by atoms with E-state index < -0.39 is 0 Å². The van der Waals surface area contributed by atoms with E-state index in [0.29, 0.717) is 5.82 Å². The zero-order valence-corrected chi connectivity index (χ0v) is 27.5. The van der Waals surface area contributed by atoms with Gasteiger partial charge in [0.25, 0.3) is 0 Å². The SMILES string of the molecule is c1ccc(-c2ccc(-c3cc(-c4ccccc4)nc(-c4cccc5c4oc4c5ccc5c(-c6ccccc6)nc6ccccc6c54)n3)cc2)cc1. The average molecular weight is 652 g/mol. The van der Waals surface area contributed by atoms with Gasteiger partial charge in [-0.05, 0) is 35.4 Å². The van der Waals surface area contributed by atoms with Crippen molar-refractivity contribution in [2.75, 3.05) is 0 Å². The molecule has 0 aliphatic rings. The Kier molecular flexibility index (Phi) is 6.78. The standard InChI is InChI=1S/C47H29N3O/c1-4-13-30(14-5-1)31-23-25-33(26-24-31)42-29-41(32-15-6-2-7-16-32)49-47(50-42)39-21-12-20-35-36-27-28-38-43(46(36)51-45(35)39)37-19-10-11-22-40(37)48-44(38)34-17-8-3-9-18-34/h1-29H. The highest BCUT2D eigenvalue weighted by molar-refractivity contribution is 6.25. The summed E-state index contributed by atoms with van der Waals surface area (Å²) in [6, 6.07) is 60.7. The first-order valence-electron chi connectivity index (χ1n) is 17.1.